The lowest BCUT2D eigenvalue weighted by Gasteiger charge is -2.14. The Kier molecular flexibility index (Phi) is 4.72. The number of nitrogens with zero attached hydrogens (tertiary/aromatic N) is 2. The van der Waals surface area contributed by atoms with Crippen molar-refractivity contribution in [3.05, 3.63) is 34.7 Å². The van der Waals surface area contributed by atoms with E-state index >= 15 is 0 Å². The number of aliphatic hydroxyl groups is 2. The van der Waals surface area contributed by atoms with Crippen LogP contribution in [0.2, 0.25) is 0 Å². The van der Waals surface area contributed by atoms with Gasteiger partial charge in [-0.15, -0.1) is 0 Å². The quantitative estimate of drug-likeness (QED) is 0.575. The van der Waals surface area contributed by atoms with Crippen LogP contribution in [0.1, 0.15) is 6.23 Å². The molecule has 106 valence electrons. The zero-order chi connectivity index (χ0) is 13.3. The summed E-state index contributed by atoms with van der Waals surface area (Å²) < 4.78 is 19.0. The molecular weight excluding hydrogens is 261 g/mol. The Labute approximate surface area is 106 Å². The molecule has 0 bridgehead atoms. The van der Waals surface area contributed by atoms with Crippen LogP contribution < -0.4 is 11.4 Å². The molecule has 0 spiro atoms. The summed E-state index contributed by atoms with van der Waals surface area (Å²) in [7, 11) is 0. The monoisotopic (exact) mass is 275 g/mol. The van der Waals surface area contributed by atoms with Crippen LogP contribution in [0.4, 0.5) is 10.2 Å². The topological polar surface area (TPSA) is 142 Å². The third kappa shape index (κ3) is 2.63. The first kappa shape index (κ1) is 15.2. The van der Waals surface area contributed by atoms with Crippen LogP contribution in [0, 0.1) is 0 Å². The van der Waals surface area contributed by atoms with Gasteiger partial charge in [-0.3, -0.25) is 4.57 Å². The summed E-state index contributed by atoms with van der Waals surface area (Å²) in [6, 6.07) is 1.35. The Morgan fingerprint density at radius 2 is 2.32 bits per heavy atom. The van der Waals surface area contributed by atoms with E-state index in [0.29, 0.717) is 0 Å². The summed E-state index contributed by atoms with van der Waals surface area (Å²) in [6.07, 6.45) is -1.99. The van der Waals surface area contributed by atoms with E-state index in [1.165, 1.54) is 12.3 Å². The van der Waals surface area contributed by atoms with E-state index in [4.69, 9.17) is 15.6 Å². The van der Waals surface area contributed by atoms with E-state index < -0.39 is 30.7 Å². The molecular formula is C10H14FN3O5. The molecule has 19 heavy (non-hydrogen) atoms. The third-order valence-electron chi connectivity index (χ3n) is 2.69. The van der Waals surface area contributed by atoms with E-state index in [-0.39, 0.29) is 23.2 Å². The van der Waals surface area contributed by atoms with E-state index in [2.05, 4.69) is 4.98 Å². The maximum Gasteiger partial charge on any atom is 0.351 e. The maximum absolute atomic E-state index is 12.8. The van der Waals surface area contributed by atoms with Gasteiger partial charge in [0.1, 0.15) is 18.0 Å². The maximum atomic E-state index is 12.8. The molecule has 1 fully saturated rings. The Morgan fingerprint density at radius 1 is 1.63 bits per heavy atom. The summed E-state index contributed by atoms with van der Waals surface area (Å²) in [5, 5.41) is 18.6. The molecule has 2 rings (SSSR count). The SMILES string of the molecule is Nc1ccn([C@@H]2O[C@H](CO)[C@@H](O)C2=CF)c(=O)n1.O. The van der Waals surface area contributed by atoms with Gasteiger partial charge in [0, 0.05) is 11.8 Å². The first-order chi connectivity index (χ1) is 8.58. The fourth-order valence-electron chi connectivity index (χ4n) is 1.77. The average Bonchev–Trinajstić information content (AvgIpc) is 2.65. The molecule has 0 unspecified atom stereocenters. The van der Waals surface area contributed by atoms with Crippen molar-refractivity contribution in [3.63, 3.8) is 0 Å². The van der Waals surface area contributed by atoms with Crippen molar-refractivity contribution in [2.75, 3.05) is 12.3 Å². The van der Waals surface area contributed by atoms with E-state index in [1.807, 2.05) is 0 Å². The highest BCUT2D eigenvalue weighted by molar-refractivity contribution is 5.25. The Balaban J connectivity index is 0.00000180. The minimum atomic E-state index is -1.31. The van der Waals surface area contributed by atoms with Crippen molar-refractivity contribution in [1.82, 2.24) is 9.55 Å². The molecule has 1 aromatic heterocycles. The standard InChI is InChI=1S/C10H12FN3O4.H2O/c11-3-5-8(16)6(4-15)18-9(5)14-2-1-7(12)13-10(14)17;/h1-3,6,8-9,15-16H,4H2,(H2,12,13,17);1H2/t6-,8+,9-;/m1./s1. The second kappa shape index (κ2) is 5.89. The van der Waals surface area contributed by atoms with E-state index in [0.717, 1.165) is 4.57 Å². The smallest absolute Gasteiger partial charge is 0.351 e. The van der Waals surface area contributed by atoms with Crippen molar-refractivity contribution >= 4 is 5.82 Å². The molecule has 0 saturated carbocycles. The van der Waals surface area contributed by atoms with Crippen LogP contribution in [0.3, 0.4) is 0 Å². The second-order valence-electron chi connectivity index (χ2n) is 3.81. The highest BCUT2D eigenvalue weighted by Crippen LogP contribution is 2.33. The van der Waals surface area contributed by atoms with Gasteiger partial charge in [-0.2, -0.15) is 4.98 Å². The molecule has 6 N–H and O–H groups in total. The fourth-order valence-corrected chi connectivity index (χ4v) is 1.77. The molecule has 9 heteroatoms. The van der Waals surface area contributed by atoms with Crippen molar-refractivity contribution in [2.45, 2.75) is 18.4 Å². The largest absolute Gasteiger partial charge is 0.412 e. The minimum absolute atomic E-state index is 0. The number of anilines is 1. The molecule has 0 radical (unpaired) electrons. The predicted molar refractivity (Wildman–Crippen MR) is 62.7 cm³/mol. The summed E-state index contributed by atoms with van der Waals surface area (Å²) in [5.41, 5.74) is 4.45. The molecule has 8 nitrogen and oxygen atoms in total. The summed E-state index contributed by atoms with van der Waals surface area (Å²) in [5.74, 6) is 0.0271. The van der Waals surface area contributed by atoms with Crippen molar-refractivity contribution in [2.24, 2.45) is 0 Å². The van der Waals surface area contributed by atoms with Gasteiger partial charge >= 0.3 is 5.69 Å². The molecule has 2 heterocycles. The van der Waals surface area contributed by atoms with Crippen LogP contribution in [0.15, 0.2) is 29.0 Å². The number of halogens is 1. The predicted octanol–water partition coefficient (Wildman–Crippen LogP) is -1.90. The first-order valence-corrected chi connectivity index (χ1v) is 5.17. The second-order valence-corrected chi connectivity index (χ2v) is 3.81. The van der Waals surface area contributed by atoms with Gasteiger partial charge in [-0.25, -0.2) is 9.18 Å². The van der Waals surface area contributed by atoms with Gasteiger partial charge in [0.15, 0.2) is 6.23 Å². The highest BCUT2D eigenvalue weighted by Gasteiger charge is 2.40. The molecule has 0 amide bonds. The molecule has 1 saturated heterocycles. The summed E-state index contributed by atoms with van der Waals surface area (Å²) in [6.45, 7) is -0.494. The third-order valence-corrected chi connectivity index (χ3v) is 2.69. The summed E-state index contributed by atoms with van der Waals surface area (Å²) in [4.78, 5) is 15.1. The van der Waals surface area contributed by atoms with Crippen molar-refractivity contribution < 1.29 is 24.8 Å². The number of aromatic nitrogens is 2. The first-order valence-electron chi connectivity index (χ1n) is 5.17. The number of hydrogen-bond acceptors (Lipinski definition) is 6. The molecule has 3 atom stereocenters. The fraction of sp³-hybridized carbons (Fsp3) is 0.400. The lowest BCUT2D eigenvalue weighted by atomic mass is 10.1. The van der Waals surface area contributed by atoms with Gasteiger partial charge in [-0.05, 0) is 6.07 Å². The number of nitrogen functional groups attached to an aromatic ring is 1. The number of aliphatic hydroxyl groups excluding tert-OH is 2. The van der Waals surface area contributed by atoms with Gasteiger partial charge in [0.05, 0.1) is 12.9 Å². The van der Waals surface area contributed by atoms with Crippen LogP contribution in [0.5, 0.6) is 0 Å². The van der Waals surface area contributed by atoms with Crippen LogP contribution >= 0.6 is 0 Å². The molecule has 1 aromatic rings. The van der Waals surface area contributed by atoms with Crippen LogP contribution in [-0.2, 0) is 4.74 Å². The van der Waals surface area contributed by atoms with Crippen LogP contribution in [-0.4, -0.2) is 44.1 Å². The van der Waals surface area contributed by atoms with Crippen LogP contribution in [0.25, 0.3) is 0 Å². The minimum Gasteiger partial charge on any atom is -0.412 e. The van der Waals surface area contributed by atoms with Crippen molar-refractivity contribution in [3.8, 4) is 0 Å². The Bertz CT molecular complexity index is 532. The number of hydrogen-bond donors (Lipinski definition) is 3. The molecule has 0 aromatic carbocycles. The van der Waals surface area contributed by atoms with Gasteiger partial charge in [0.2, 0.25) is 0 Å². The number of ether oxygens (including phenoxy) is 1. The van der Waals surface area contributed by atoms with Gasteiger partial charge in [0.25, 0.3) is 0 Å². The normalized spacial score (nSPS) is 28.4. The molecule has 0 aliphatic carbocycles. The average molecular weight is 275 g/mol. The number of rotatable bonds is 2. The lowest BCUT2D eigenvalue weighted by Crippen LogP contribution is -2.28. The number of nitrogens with two attached hydrogens (primary N) is 1. The zero-order valence-electron chi connectivity index (χ0n) is 9.73. The van der Waals surface area contributed by atoms with Crippen molar-refractivity contribution in [1.29, 1.82) is 0 Å². The highest BCUT2D eigenvalue weighted by atomic mass is 19.1. The lowest BCUT2D eigenvalue weighted by molar-refractivity contribution is -0.0447. The zero-order valence-corrected chi connectivity index (χ0v) is 9.73. The van der Waals surface area contributed by atoms with Gasteiger partial charge in [-0.1, -0.05) is 0 Å². The summed E-state index contributed by atoms with van der Waals surface area (Å²) >= 11 is 0. The Hall–Kier alpha value is -1.81. The van der Waals surface area contributed by atoms with E-state index in [1.54, 1.807) is 0 Å². The molecule has 1 aliphatic heterocycles. The molecule has 1 aliphatic rings. The van der Waals surface area contributed by atoms with E-state index in [9.17, 15) is 14.3 Å². The van der Waals surface area contributed by atoms with Gasteiger partial charge < -0.3 is 26.2 Å². The Morgan fingerprint density at radius 3 is 2.84 bits per heavy atom.